The van der Waals surface area contributed by atoms with E-state index in [9.17, 15) is 18.4 Å². The Morgan fingerprint density at radius 3 is 2.35 bits per heavy atom. The van der Waals surface area contributed by atoms with Crippen molar-refractivity contribution >= 4 is 32.7 Å². The Morgan fingerprint density at radius 1 is 1.00 bits per heavy atom. The number of hydroxylamine groups is 1. The summed E-state index contributed by atoms with van der Waals surface area (Å²) < 4.78 is 47.5. The fraction of sp³-hybridized carbons (Fsp3) is 0.172. The minimum absolute atomic E-state index is 0.0348. The Morgan fingerprint density at radius 2 is 1.72 bits per heavy atom. The molecule has 14 heteroatoms. The number of carbonyl (C=O) groups is 1. The van der Waals surface area contributed by atoms with Crippen molar-refractivity contribution in [2.24, 2.45) is 0 Å². The van der Waals surface area contributed by atoms with Crippen LogP contribution < -0.4 is 24.0 Å². The lowest BCUT2D eigenvalue weighted by Gasteiger charge is -2.27. The maximum atomic E-state index is 14.4. The van der Waals surface area contributed by atoms with Crippen LogP contribution >= 0.6 is 0 Å². The van der Waals surface area contributed by atoms with Gasteiger partial charge in [-0.2, -0.15) is 5.10 Å². The molecule has 0 unspecified atom stereocenters. The number of rotatable bonds is 10. The first kappa shape index (κ1) is 29.3. The number of hydrogen-bond acceptors (Lipinski definition) is 10. The monoisotopic (exact) mass is 604 g/mol. The molecule has 43 heavy (non-hydrogen) atoms. The maximum Gasteiger partial charge on any atom is 0.278 e. The van der Waals surface area contributed by atoms with Gasteiger partial charge in [-0.05, 0) is 55.0 Å². The zero-order chi connectivity index (χ0) is 30.7. The highest BCUT2D eigenvalue weighted by Gasteiger charge is 2.33. The lowest BCUT2D eigenvalue weighted by atomic mass is 10.1. The van der Waals surface area contributed by atoms with Gasteiger partial charge in [0, 0.05) is 24.7 Å². The predicted octanol–water partition coefficient (Wildman–Crippen LogP) is 3.66. The zero-order valence-electron chi connectivity index (χ0n) is 23.7. The van der Waals surface area contributed by atoms with Gasteiger partial charge in [0.05, 0.1) is 55.1 Å². The van der Waals surface area contributed by atoms with Crippen molar-refractivity contribution in [2.45, 2.75) is 18.4 Å². The third kappa shape index (κ3) is 5.40. The van der Waals surface area contributed by atoms with Crippen LogP contribution in [0.3, 0.4) is 0 Å². The summed E-state index contributed by atoms with van der Waals surface area (Å²) in [7, 11) is 0.159. The molecule has 5 rings (SSSR count). The average Bonchev–Trinajstić information content (AvgIpc) is 3.38. The molecule has 0 aliphatic heterocycles. The fourth-order valence-electron chi connectivity index (χ4n) is 4.66. The quantitative estimate of drug-likeness (QED) is 0.178. The lowest BCUT2D eigenvalue weighted by molar-refractivity contribution is 0.0707. The van der Waals surface area contributed by atoms with Crippen molar-refractivity contribution < 1.29 is 32.6 Å². The fourth-order valence-corrected chi connectivity index (χ4v) is 6.15. The van der Waals surface area contributed by atoms with Gasteiger partial charge in [-0.3, -0.25) is 19.3 Å². The summed E-state index contributed by atoms with van der Waals surface area (Å²) >= 11 is 0. The summed E-state index contributed by atoms with van der Waals surface area (Å²) in [6, 6.07) is 14.4. The molecule has 2 N–H and O–H groups in total. The molecule has 3 aromatic heterocycles. The van der Waals surface area contributed by atoms with E-state index in [1.54, 1.807) is 48.9 Å². The van der Waals surface area contributed by atoms with Crippen LogP contribution in [0.5, 0.6) is 17.2 Å². The van der Waals surface area contributed by atoms with Gasteiger partial charge in [-0.15, -0.1) is 0 Å². The molecule has 0 aliphatic carbocycles. The van der Waals surface area contributed by atoms with Gasteiger partial charge in [0.2, 0.25) is 0 Å². The summed E-state index contributed by atoms with van der Waals surface area (Å²) in [6.07, 6.45) is 4.29. The normalized spacial score (nSPS) is 11.3. The van der Waals surface area contributed by atoms with Crippen LogP contribution in [0.15, 0.2) is 78.1 Å². The van der Waals surface area contributed by atoms with Gasteiger partial charge >= 0.3 is 0 Å². The van der Waals surface area contributed by atoms with E-state index in [0.717, 1.165) is 4.31 Å². The largest absolute Gasteiger partial charge is 0.497 e. The number of sulfonamides is 1. The molecule has 0 atom stereocenters. The third-order valence-electron chi connectivity index (χ3n) is 6.75. The number of nitrogens with one attached hydrogen (secondary N) is 1. The molecule has 0 bridgehead atoms. The van der Waals surface area contributed by atoms with E-state index < -0.39 is 15.9 Å². The van der Waals surface area contributed by atoms with Crippen molar-refractivity contribution in [3.63, 3.8) is 0 Å². The van der Waals surface area contributed by atoms with Crippen LogP contribution in [0.4, 0.5) is 5.69 Å². The summed E-state index contributed by atoms with van der Waals surface area (Å²) in [4.78, 5) is 21.6. The second kappa shape index (κ2) is 12.0. The van der Waals surface area contributed by atoms with Gasteiger partial charge in [-0.1, -0.05) is 6.07 Å². The van der Waals surface area contributed by atoms with E-state index in [2.05, 4.69) is 15.1 Å². The van der Waals surface area contributed by atoms with Crippen LogP contribution in [-0.4, -0.2) is 60.6 Å². The van der Waals surface area contributed by atoms with Crippen molar-refractivity contribution in [1.29, 1.82) is 0 Å². The highest BCUT2D eigenvalue weighted by molar-refractivity contribution is 7.92. The maximum absolute atomic E-state index is 14.4. The Kier molecular flexibility index (Phi) is 8.14. The molecule has 13 nitrogen and oxygen atoms in total. The number of ether oxygens (including phenoxy) is 3. The average molecular weight is 605 g/mol. The summed E-state index contributed by atoms with van der Waals surface area (Å²) in [5.74, 6) is 0.481. The molecule has 0 spiro atoms. The summed E-state index contributed by atoms with van der Waals surface area (Å²) in [5.41, 5.74) is 3.03. The van der Waals surface area contributed by atoms with E-state index in [-0.39, 0.29) is 33.7 Å². The molecule has 0 saturated heterocycles. The lowest BCUT2D eigenvalue weighted by Crippen LogP contribution is -2.33. The number of aromatic nitrogens is 4. The van der Waals surface area contributed by atoms with Crippen molar-refractivity contribution in [3.8, 4) is 22.9 Å². The first-order valence-electron chi connectivity index (χ1n) is 12.8. The molecular weight excluding hydrogens is 576 g/mol. The molecule has 0 saturated carbocycles. The number of nitrogens with zero attached hydrogens (tertiary/aromatic N) is 5. The van der Waals surface area contributed by atoms with Gasteiger partial charge in [-0.25, -0.2) is 23.6 Å². The third-order valence-corrected chi connectivity index (χ3v) is 8.51. The zero-order valence-corrected chi connectivity index (χ0v) is 24.5. The highest BCUT2D eigenvalue weighted by Crippen LogP contribution is 2.39. The van der Waals surface area contributed by atoms with Crippen molar-refractivity contribution in [1.82, 2.24) is 25.2 Å². The highest BCUT2D eigenvalue weighted by atomic mass is 32.2. The Balaban J connectivity index is 1.83. The van der Waals surface area contributed by atoms with Crippen LogP contribution in [0.25, 0.3) is 16.7 Å². The number of aryl methyl sites for hydroxylation is 1. The number of benzene rings is 2. The van der Waals surface area contributed by atoms with Crippen LogP contribution in [0.2, 0.25) is 0 Å². The molecule has 222 valence electrons. The SMILES string of the molecule is COc1ccc(S(=O)(=O)N(Cc2cccnc2)c2c(C(=O)NO)cnc3c2c(C)nn3-c2ccc(OC)cc2OC)cc1. The standard InChI is InChI=1S/C29H28N6O7S/c1-18-26-27(34(17-19-6-5-13-30-15-19)43(38,39)22-10-7-20(40-2)8-11-22)23(29(36)33-37)16-31-28(26)35(32-18)24-12-9-21(41-3)14-25(24)42-4/h5-16,37H,17H2,1-4H3,(H,33,36). The second-order valence-electron chi connectivity index (χ2n) is 9.24. The molecule has 5 aromatic rings. The number of amides is 1. The molecule has 3 heterocycles. The molecule has 1 amide bonds. The number of methoxy groups -OCH3 is 3. The van der Waals surface area contributed by atoms with E-state index in [1.165, 1.54) is 62.7 Å². The van der Waals surface area contributed by atoms with E-state index >= 15 is 0 Å². The van der Waals surface area contributed by atoms with Gasteiger partial charge in [0.15, 0.2) is 5.65 Å². The van der Waals surface area contributed by atoms with Gasteiger partial charge < -0.3 is 14.2 Å². The summed E-state index contributed by atoms with van der Waals surface area (Å²) in [6.45, 7) is 1.46. The van der Waals surface area contributed by atoms with Crippen LogP contribution in [0, 0.1) is 6.92 Å². The van der Waals surface area contributed by atoms with Crippen LogP contribution in [-0.2, 0) is 16.6 Å². The van der Waals surface area contributed by atoms with Gasteiger partial charge in [0.25, 0.3) is 15.9 Å². The minimum atomic E-state index is -4.34. The van der Waals surface area contributed by atoms with Crippen LogP contribution in [0.1, 0.15) is 21.6 Å². The molecular formula is C29H28N6O7S. The number of anilines is 1. The van der Waals surface area contributed by atoms with E-state index in [4.69, 9.17) is 14.2 Å². The number of pyridine rings is 2. The summed E-state index contributed by atoms with van der Waals surface area (Å²) in [5, 5.41) is 14.6. The smallest absolute Gasteiger partial charge is 0.278 e. The Labute approximate surface area is 247 Å². The Hall–Kier alpha value is -5.21. The second-order valence-corrected chi connectivity index (χ2v) is 11.1. The molecule has 2 aromatic carbocycles. The first-order chi connectivity index (χ1) is 20.7. The van der Waals surface area contributed by atoms with Gasteiger partial charge in [0.1, 0.15) is 22.9 Å². The topological polar surface area (TPSA) is 158 Å². The van der Waals surface area contributed by atoms with Crippen molar-refractivity contribution in [2.75, 3.05) is 25.6 Å². The molecule has 0 fully saturated rings. The number of hydrogen-bond donors (Lipinski definition) is 2. The van der Waals surface area contributed by atoms with E-state index in [0.29, 0.717) is 34.2 Å². The molecule has 0 radical (unpaired) electrons. The predicted molar refractivity (Wildman–Crippen MR) is 157 cm³/mol. The molecule has 0 aliphatic rings. The number of fused-ring (bicyclic) bond motifs is 1. The Bertz CT molecular complexity index is 1890. The van der Waals surface area contributed by atoms with Crippen molar-refractivity contribution in [3.05, 3.63) is 90.0 Å². The first-order valence-corrected chi connectivity index (χ1v) is 14.3. The van der Waals surface area contributed by atoms with E-state index in [1.807, 2.05) is 0 Å². The number of carbonyl (C=O) groups excluding carboxylic acids is 1. The minimum Gasteiger partial charge on any atom is -0.497 e.